The summed E-state index contributed by atoms with van der Waals surface area (Å²) in [6.45, 7) is 7.43. The normalized spacial score (nSPS) is 26.0. The van der Waals surface area contributed by atoms with Gasteiger partial charge in [-0.05, 0) is 33.2 Å². The van der Waals surface area contributed by atoms with Gasteiger partial charge in [0.1, 0.15) is 5.01 Å². The number of aryl methyl sites for hydroxylation is 1. The zero-order chi connectivity index (χ0) is 10.7. The third-order valence-electron chi connectivity index (χ3n) is 2.92. The Morgan fingerprint density at radius 3 is 3.13 bits per heavy atom. The van der Waals surface area contributed by atoms with Gasteiger partial charge in [0.15, 0.2) is 0 Å². The van der Waals surface area contributed by atoms with E-state index in [0.717, 1.165) is 25.3 Å². The molecule has 1 aromatic heterocycles. The third kappa shape index (κ3) is 3.00. The van der Waals surface area contributed by atoms with Crippen LogP contribution in [0.15, 0.2) is 5.38 Å². The van der Waals surface area contributed by atoms with Crippen LogP contribution in [0.1, 0.15) is 30.5 Å². The molecule has 0 radical (unpaired) electrons. The molecule has 1 saturated heterocycles. The first-order chi connectivity index (χ1) is 7.18. The van der Waals surface area contributed by atoms with Gasteiger partial charge in [-0.15, -0.1) is 11.3 Å². The summed E-state index contributed by atoms with van der Waals surface area (Å²) in [5.74, 6) is 0. The fraction of sp³-hybridized carbons (Fsp3) is 0.727. The molecule has 2 heterocycles. The Bertz CT molecular complexity index is 315. The lowest BCUT2D eigenvalue weighted by Gasteiger charge is -2.24. The van der Waals surface area contributed by atoms with E-state index in [1.807, 2.05) is 6.92 Å². The highest BCUT2D eigenvalue weighted by Gasteiger charge is 2.27. The molecule has 0 amide bonds. The quantitative estimate of drug-likeness (QED) is 0.818. The molecule has 0 spiro atoms. The summed E-state index contributed by atoms with van der Waals surface area (Å²) >= 11 is 1.74. The van der Waals surface area contributed by atoms with E-state index in [1.165, 1.54) is 17.8 Å². The van der Waals surface area contributed by atoms with Gasteiger partial charge in [0, 0.05) is 29.7 Å². The zero-order valence-corrected chi connectivity index (χ0v) is 10.3. The number of nitrogens with zero attached hydrogens (tertiary/aromatic N) is 1. The minimum absolute atomic E-state index is 0.298. The van der Waals surface area contributed by atoms with E-state index >= 15 is 0 Å². The van der Waals surface area contributed by atoms with E-state index in [4.69, 9.17) is 0 Å². The molecule has 2 rings (SSSR count). The minimum Gasteiger partial charge on any atom is -0.310 e. The van der Waals surface area contributed by atoms with Gasteiger partial charge in [0.05, 0.1) is 0 Å². The van der Waals surface area contributed by atoms with Gasteiger partial charge >= 0.3 is 0 Å². The zero-order valence-electron chi connectivity index (χ0n) is 9.47. The van der Waals surface area contributed by atoms with Gasteiger partial charge < -0.3 is 10.6 Å². The molecule has 1 unspecified atom stereocenters. The molecule has 0 aromatic carbocycles. The highest BCUT2D eigenvalue weighted by molar-refractivity contribution is 7.09. The highest BCUT2D eigenvalue weighted by Crippen LogP contribution is 2.17. The van der Waals surface area contributed by atoms with Crippen LogP contribution in [0.5, 0.6) is 0 Å². The molecule has 0 aliphatic carbocycles. The lowest BCUT2D eigenvalue weighted by molar-refractivity contribution is 0.385. The maximum Gasteiger partial charge on any atom is 0.107 e. The second-order valence-electron chi connectivity index (χ2n) is 4.58. The maximum absolute atomic E-state index is 4.43. The van der Waals surface area contributed by atoms with E-state index in [0.29, 0.717) is 5.54 Å². The van der Waals surface area contributed by atoms with E-state index in [-0.39, 0.29) is 0 Å². The Labute approximate surface area is 95.3 Å². The van der Waals surface area contributed by atoms with Crippen molar-refractivity contribution >= 4 is 11.3 Å². The van der Waals surface area contributed by atoms with Crippen LogP contribution in [0.2, 0.25) is 0 Å². The largest absolute Gasteiger partial charge is 0.310 e. The molecule has 84 valence electrons. The molecule has 1 aliphatic heterocycles. The van der Waals surface area contributed by atoms with Gasteiger partial charge in [-0.1, -0.05) is 0 Å². The summed E-state index contributed by atoms with van der Waals surface area (Å²) in [6, 6.07) is 0. The van der Waals surface area contributed by atoms with Crippen LogP contribution in [-0.4, -0.2) is 23.6 Å². The van der Waals surface area contributed by atoms with Crippen molar-refractivity contribution in [2.75, 3.05) is 13.1 Å². The second kappa shape index (κ2) is 4.60. The minimum atomic E-state index is 0.298. The molecule has 4 heteroatoms. The number of thiazole rings is 1. The van der Waals surface area contributed by atoms with Crippen molar-refractivity contribution < 1.29 is 0 Å². The molecule has 0 saturated carbocycles. The van der Waals surface area contributed by atoms with Gasteiger partial charge in [-0.3, -0.25) is 0 Å². The van der Waals surface area contributed by atoms with Gasteiger partial charge in [0.2, 0.25) is 0 Å². The van der Waals surface area contributed by atoms with Gasteiger partial charge in [-0.25, -0.2) is 4.98 Å². The number of rotatable bonds is 4. The Balaban J connectivity index is 1.75. The van der Waals surface area contributed by atoms with Crippen LogP contribution in [0.4, 0.5) is 0 Å². The predicted molar refractivity (Wildman–Crippen MR) is 64.2 cm³/mol. The number of aromatic nitrogens is 1. The number of hydrogen-bond acceptors (Lipinski definition) is 4. The molecule has 3 nitrogen and oxygen atoms in total. The Hall–Kier alpha value is -0.450. The van der Waals surface area contributed by atoms with Crippen molar-refractivity contribution in [3.05, 3.63) is 16.1 Å². The van der Waals surface area contributed by atoms with Crippen molar-refractivity contribution in [2.24, 2.45) is 0 Å². The van der Waals surface area contributed by atoms with Crippen molar-refractivity contribution in [2.45, 2.75) is 38.8 Å². The molecule has 2 N–H and O–H groups in total. The SMILES string of the molecule is Cc1csc(CNCC2(C)CCCN2)n1. The van der Waals surface area contributed by atoms with Crippen LogP contribution in [0.3, 0.4) is 0 Å². The third-order valence-corrected chi connectivity index (χ3v) is 3.88. The molecule has 1 fully saturated rings. The highest BCUT2D eigenvalue weighted by atomic mass is 32.1. The Morgan fingerprint density at radius 2 is 2.53 bits per heavy atom. The Kier molecular flexibility index (Phi) is 3.38. The summed E-state index contributed by atoms with van der Waals surface area (Å²) in [5.41, 5.74) is 1.42. The fourth-order valence-electron chi connectivity index (χ4n) is 2.04. The number of hydrogen-bond donors (Lipinski definition) is 2. The lowest BCUT2D eigenvalue weighted by atomic mass is 10.0. The van der Waals surface area contributed by atoms with Crippen LogP contribution in [-0.2, 0) is 6.54 Å². The molecule has 1 atom stereocenters. The summed E-state index contributed by atoms with van der Waals surface area (Å²) in [4.78, 5) is 4.43. The molecule has 1 aliphatic rings. The Morgan fingerprint density at radius 1 is 1.67 bits per heavy atom. The van der Waals surface area contributed by atoms with Gasteiger partial charge in [-0.2, -0.15) is 0 Å². The topological polar surface area (TPSA) is 37.0 Å². The van der Waals surface area contributed by atoms with Crippen molar-refractivity contribution in [1.29, 1.82) is 0 Å². The van der Waals surface area contributed by atoms with Crippen LogP contribution < -0.4 is 10.6 Å². The first-order valence-electron chi connectivity index (χ1n) is 5.55. The van der Waals surface area contributed by atoms with E-state index in [1.54, 1.807) is 11.3 Å². The number of nitrogens with one attached hydrogen (secondary N) is 2. The van der Waals surface area contributed by atoms with Crippen molar-refractivity contribution in [3.63, 3.8) is 0 Å². The predicted octanol–water partition coefficient (Wildman–Crippen LogP) is 1.68. The molecular weight excluding hydrogens is 206 g/mol. The summed E-state index contributed by atoms with van der Waals surface area (Å²) in [6.07, 6.45) is 2.57. The molecule has 0 bridgehead atoms. The maximum atomic E-state index is 4.43. The summed E-state index contributed by atoms with van der Waals surface area (Å²) < 4.78 is 0. The standard InChI is InChI=1S/C11H19N3S/c1-9-7-15-10(14-9)6-12-8-11(2)4-3-5-13-11/h7,12-13H,3-6,8H2,1-2H3. The van der Waals surface area contributed by atoms with Crippen molar-refractivity contribution in [3.8, 4) is 0 Å². The van der Waals surface area contributed by atoms with Crippen molar-refractivity contribution in [1.82, 2.24) is 15.6 Å². The fourth-order valence-corrected chi connectivity index (χ4v) is 2.78. The summed E-state index contributed by atoms with van der Waals surface area (Å²) in [5, 5.41) is 10.3. The summed E-state index contributed by atoms with van der Waals surface area (Å²) in [7, 11) is 0. The first-order valence-corrected chi connectivity index (χ1v) is 6.43. The average molecular weight is 225 g/mol. The molecule has 15 heavy (non-hydrogen) atoms. The molecular formula is C11H19N3S. The van der Waals surface area contributed by atoms with Gasteiger partial charge in [0.25, 0.3) is 0 Å². The smallest absolute Gasteiger partial charge is 0.107 e. The lowest BCUT2D eigenvalue weighted by Crippen LogP contribution is -2.45. The van der Waals surface area contributed by atoms with Crippen LogP contribution in [0, 0.1) is 6.92 Å². The van der Waals surface area contributed by atoms with E-state index in [9.17, 15) is 0 Å². The van der Waals surface area contributed by atoms with E-state index < -0.39 is 0 Å². The second-order valence-corrected chi connectivity index (χ2v) is 5.52. The monoisotopic (exact) mass is 225 g/mol. The van der Waals surface area contributed by atoms with Crippen LogP contribution >= 0.6 is 11.3 Å². The average Bonchev–Trinajstić information content (AvgIpc) is 2.76. The molecule has 1 aromatic rings. The van der Waals surface area contributed by atoms with Crippen LogP contribution in [0.25, 0.3) is 0 Å². The van der Waals surface area contributed by atoms with E-state index in [2.05, 4.69) is 27.9 Å². The first kappa shape index (κ1) is 11.0.